The molecule has 3 fully saturated rings. The van der Waals surface area contributed by atoms with Gasteiger partial charge in [0, 0.05) is 0 Å². The van der Waals surface area contributed by atoms with Crippen LogP contribution in [0.5, 0.6) is 0 Å². The average molecular weight is 228 g/mol. The quantitative estimate of drug-likeness (QED) is 0.409. The Balaban J connectivity index is 1.61. The molecule has 92 valence electrons. The molecule has 4 N–H and O–H groups in total. The lowest BCUT2D eigenvalue weighted by molar-refractivity contribution is -1.06. The minimum atomic E-state index is 1.37. The number of hydrogen-bond donors (Lipinski definition) is 2. The van der Waals surface area contributed by atoms with Crippen molar-refractivity contribution in [3.8, 4) is 0 Å². The number of nitrogens with two attached hydrogens (primary N) is 2. The third-order valence-electron chi connectivity index (χ3n) is 5.33. The zero-order valence-corrected chi connectivity index (χ0v) is 10.5. The third-order valence-corrected chi connectivity index (χ3v) is 5.33. The molecule has 0 aromatic rings. The normalized spacial score (nSPS) is 33.0. The summed E-state index contributed by atoms with van der Waals surface area (Å²) >= 11 is 0. The van der Waals surface area contributed by atoms with Gasteiger partial charge in [0.05, 0.1) is 0 Å². The van der Waals surface area contributed by atoms with E-state index < -0.39 is 0 Å². The van der Waals surface area contributed by atoms with Crippen LogP contribution >= 0.6 is 0 Å². The summed E-state index contributed by atoms with van der Waals surface area (Å²) in [5.41, 5.74) is 0. The van der Waals surface area contributed by atoms with Crippen molar-refractivity contribution in [3.63, 3.8) is 0 Å². The van der Waals surface area contributed by atoms with Crippen molar-refractivity contribution in [2.45, 2.75) is 0 Å². The maximum absolute atomic E-state index is 2.50. The van der Waals surface area contributed by atoms with E-state index in [0.29, 0.717) is 0 Å². The second kappa shape index (κ2) is 4.26. The second-order valence-electron chi connectivity index (χ2n) is 6.20. The van der Waals surface area contributed by atoms with E-state index in [4.69, 9.17) is 0 Å². The lowest BCUT2D eigenvalue weighted by atomic mass is 10.1. The largest absolute Gasteiger partial charge is 0.337 e. The van der Waals surface area contributed by atoms with Gasteiger partial charge in [-0.3, -0.25) is 0 Å². The maximum Gasteiger partial charge on any atom is 0.129 e. The molecular weight excluding hydrogens is 200 g/mol. The molecule has 3 aliphatic heterocycles. The highest BCUT2D eigenvalue weighted by atomic mass is 15.5. The molecule has 0 aromatic heterocycles. The van der Waals surface area contributed by atoms with Crippen molar-refractivity contribution in [2.24, 2.45) is 0 Å². The van der Waals surface area contributed by atoms with E-state index in [1.54, 1.807) is 0 Å². The highest BCUT2D eigenvalue weighted by Crippen LogP contribution is 2.19. The van der Waals surface area contributed by atoms with Crippen LogP contribution in [0.25, 0.3) is 0 Å². The Hall–Kier alpha value is -0.160. The maximum atomic E-state index is 2.50. The predicted octanol–water partition coefficient (Wildman–Crippen LogP) is -3.21. The van der Waals surface area contributed by atoms with Gasteiger partial charge in [-0.2, -0.15) is 0 Å². The van der Waals surface area contributed by atoms with Crippen molar-refractivity contribution in [3.05, 3.63) is 0 Å². The Labute approximate surface area is 98.8 Å². The van der Waals surface area contributed by atoms with Crippen LogP contribution in [0.1, 0.15) is 0 Å². The first-order chi connectivity index (χ1) is 7.83. The Morgan fingerprint density at radius 3 is 1.06 bits per heavy atom. The molecule has 0 unspecified atom stereocenters. The molecule has 4 nitrogen and oxygen atoms in total. The Morgan fingerprint density at radius 2 is 0.750 bits per heavy atom. The van der Waals surface area contributed by atoms with Gasteiger partial charge in [0.25, 0.3) is 0 Å². The fourth-order valence-corrected chi connectivity index (χ4v) is 3.94. The highest BCUT2D eigenvalue weighted by molar-refractivity contribution is 4.58. The molecule has 2 spiro atoms. The molecule has 3 saturated heterocycles. The predicted molar refractivity (Wildman–Crippen MR) is 62.8 cm³/mol. The lowest BCUT2D eigenvalue weighted by Crippen LogP contribution is -2.94. The zero-order valence-electron chi connectivity index (χ0n) is 10.5. The van der Waals surface area contributed by atoms with E-state index >= 15 is 0 Å². The summed E-state index contributed by atoms with van der Waals surface area (Å²) < 4.78 is 2.92. The molecular formula is C12H28N4+4. The molecule has 3 aliphatic rings. The number of piperazine rings is 3. The van der Waals surface area contributed by atoms with Gasteiger partial charge in [-0.1, -0.05) is 0 Å². The van der Waals surface area contributed by atoms with Crippen LogP contribution in [0.15, 0.2) is 0 Å². The molecule has 0 atom stereocenters. The van der Waals surface area contributed by atoms with Crippen molar-refractivity contribution in [2.75, 3.05) is 78.5 Å². The SMILES string of the molecule is C1C[N+]2(CC[NH2+]1)CC[N+]1(CC[NH2+]CC1)CC2. The Morgan fingerprint density at radius 1 is 0.438 bits per heavy atom. The van der Waals surface area contributed by atoms with Gasteiger partial charge >= 0.3 is 0 Å². The second-order valence-corrected chi connectivity index (χ2v) is 6.20. The van der Waals surface area contributed by atoms with Gasteiger partial charge in [0.2, 0.25) is 0 Å². The van der Waals surface area contributed by atoms with E-state index in [0.717, 1.165) is 0 Å². The summed E-state index contributed by atoms with van der Waals surface area (Å²) in [5, 5.41) is 5.00. The number of quaternary nitrogens is 4. The van der Waals surface area contributed by atoms with Gasteiger partial charge in [-0.25, -0.2) is 0 Å². The first kappa shape index (κ1) is 11.0. The molecule has 0 radical (unpaired) electrons. The van der Waals surface area contributed by atoms with E-state index in [1.807, 2.05) is 0 Å². The van der Waals surface area contributed by atoms with Gasteiger partial charge in [-0.15, -0.1) is 0 Å². The summed E-state index contributed by atoms with van der Waals surface area (Å²) in [6.45, 7) is 17.1. The van der Waals surface area contributed by atoms with Crippen LogP contribution in [0.4, 0.5) is 0 Å². The van der Waals surface area contributed by atoms with Gasteiger partial charge in [-0.05, 0) is 0 Å². The molecule has 3 rings (SSSR count). The molecule has 16 heavy (non-hydrogen) atoms. The van der Waals surface area contributed by atoms with Crippen LogP contribution in [0, 0.1) is 0 Å². The summed E-state index contributed by atoms with van der Waals surface area (Å²) in [5.74, 6) is 0. The average Bonchev–Trinajstić information content (AvgIpc) is 2.36. The summed E-state index contributed by atoms with van der Waals surface area (Å²) in [7, 11) is 0. The summed E-state index contributed by atoms with van der Waals surface area (Å²) in [6.07, 6.45) is 0. The van der Waals surface area contributed by atoms with Crippen LogP contribution in [-0.2, 0) is 0 Å². The third kappa shape index (κ3) is 1.99. The highest BCUT2D eigenvalue weighted by Gasteiger charge is 2.44. The van der Waals surface area contributed by atoms with Gasteiger partial charge in [0.15, 0.2) is 0 Å². The van der Waals surface area contributed by atoms with Crippen molar-refractivity contribution in [1.82, 2.24) is 0 Å². The topological polar surface area (TPSA) is 33.2 Å². The van der Waals surface area contributed by atoms with Gasteiger partial charge in [0.1, 0.15) is 78.5 Å². The Kier molecular flexibility index (Phi) is 2.92. The number of hydrogen-bond acceptors (Lipinski definition) is 0. The number of rotatable bonds is 0. The smallest absolute Gasteiger partial charge is 0.129 e. The fourth-order valence-electron chi connectivity index (χ4n) is 3.94. The molecule has 4 heteroatoms. The van der Waals surface area contributed by atoms with Gasteiger partial charge < -0.3 is 19.6 Å². The zero-order chi connectivity index (χ0) is 10.9. The van der Waals surface area contributed by atoms with Crippen LogP contribution in [-0.4, -0.2) is 87.5 Å². The number of nitrogens with zero attached hydrogens (tertiary/aromatic N) is 2. The van der Waals surface area contributed by atoms with Crippen molar-refractivity contribution < 1.29 is 19.6 Å². The van der Waals surface area contributed by atoms with Crippen LogP contribution in [0.3, 0.4) is 0 Å². The summed E-state index contributed by atoms with van der Waals surface area (Å²) in [6, 6.07) is 0. The molecule has 0 aromatic carbocycles. The monoisotopic (exact) mass is 228 g/mol. The van der Waals surface area contributed by atoms with Crippen molar-refractivity contribution in [1.29, 1.82) is 0 Å². The summed E-state index contributed by atoms with van der Waals surface area (Å²) in [4.78, 5) is 0. The van der Waals surface area contributed by atoms with E-state index in [-0.39, 0.29) is 0 Å². The minimum absolute atomic E-state index is 1.37. The lowest BCUT2D eigenvalue weighted by Gasteiger charge is -2.50. The molecule has 0 saturated carbocycles. The molecule has 3 heterocycles. The molecule has 0 aliphatic carbocycles. The first-order valence-electron chi connectivity index (χ1n) is 7.16. The van der Waals surface area contributed by atoms with Crippen molar-refractivity contribution >= 4 is 0 Å². The van der Waals surface area contributed by atoms with E-state index in [1.165, 1.54) is 87.5 Å². The standard InChI is InChI=1S/C12H26N4/c1-5-15(6-2-13-1)9-11-16(12-10-15)7-3-14-4-8-16/h13-14H,1-12H2/q+2/p+2. The molecule has 0 amide bonds. The van der Waals surface area contributed by atoms with Crippen LogP contribution < -0.4 is 10.6 Å². The van der Waals surface area contributed by atoms with E-state index in [9.17, 15) is 0 Å². The Bertz CT molecular complexity index is 203. The fraction of sp³-hybridized carbons (Fsp3) is 1.00. The van der Waals surface area contributed by atoms with E-state index in [2.05, 4.69) is 10.6 Å². The van der Waals surface area contributed by atoms with Crippen LogP contribution in [0.2, 0.25) is 0 Å². The molecule has 0 bridgehead atoms. The first-order valence-corrected chi connectivity index (χ1v) is 7.16. The minimum Gasteiger partial charge on any atom is -0.337 e.